The first-order chi connectivity index (χ1) is 24.2. The molecule has 276 valence electrons. The van der Waals surface area contributed by atoms with Crippen LogP contribution < -0.4 is 20.1 Å². The molecule has 1 aromatic heterocycles. The lowest BCUT2D eigenvalue weighted by Crippen LogP contribution is -2.60. The fourth-order valence-corrected chi connectivity index (χ4v) is 9.40. The second-order valence-corrected chi connectivity index (χ2v) is 18.0. The first kappa shape index (κ1) is 36.8. The van der Waals surface area contributed by atoms with Gasteiger partial charge in [0.1, 0.15) is 34.5 Å². The summed E-state index contributed by atoms with van der Waals surface area (Å²) >= 11 is 1.42. The van der Waals surface area contributed by atoms with E-state index in [2.05, 4.69) is 21.9 Å². The van der Waals surface area contributed by atoms with Crippen LogP contribution in [0, 0.1) is 11.3 Å². The van der Waals surface area contributed by atoms with Gasteiger partial charge in [-0.25, -0.2) is 18.2 Å². The van der Waals surface area contributed by atoms with E-state index in [4.69, 9.17) is 14.5 Å². The molecular weight excluding hydrogens is 695 g/mol. The van der Waals surface area contributed by atoms with E-state index in [1.54, 1.807) is 7.11 Å². The molecule has 15 heteroatoms. The summed E-state index contributed by atoms with van der Waals surface area (Å²) in [4.78, 5) is 61.7. The number of carbonyl (C=O) groups excluding carboxylic acids is 4. The maximum Gasteiger partial charge on any atom is 0.408 e. The van der Waals surface area contributed by atoms with E-state index >= 15 is 0 Å². The zero-order valence-electron chi connectivity index (χ0n) is 29.5. The maximum atomic E-state index is 14.5. The molecule has 51 heavy (non-hydrogen) atoms. The molecule has 2 aromatic rings. The smallest absolute Gasteiger partial charge is 0.408 e. The van der Waals surface area contributed by atoms with Crippen LogP contribution in [0.2, 0.25) is 0 Å². The van der Waals surface area contributed by atoms with Crippen molar-refractivity contribution < 1.29 is 37.1 Å². The van der Waals surface area contributed by atoms with Crippen LogP contribution in [-0.4, -0.2) is 84.7 Å². The summed E-state index contributed by atoms with van der Waals surface area (Å²) in [6.07, 6.45) is 5.41. The maximum absolute atomic E-state index is 14.5. The molecule has 3 N–H and O–H groups in total. The molecule has 3 saturated carbocycles. The Hall–Kier alpha value is -3.98. The van der Waals surface area contributed by atoms with Gasteiger partial charge in [0.25, 0.3) is 5.91 Å². The second kappa shape index (κ2) is 14.2. The number of amides is 4. The lowest BCUT2D eigenvalue weighted by atomic mass is 9.85. The molecule has 0 unspecified atom stereocenters. The highest BCUT2D eigenvalue weighted by molar-refractivity contribution is 7.91. The lowest BCUT2D eigenvalue weighted by Gasteiger charge is -2.35. The molecule has 0 radical (unpaired) electrons. The van der Waals surface area contributed by atoms with Gasteiger partial charge < -0.3 is 25.0 Å². The van der Waals surface area contributed by atoms with E-state index in [-0.39, 0.29) is 31.4 Å². The first-order valence-electron chi connectivity index (χ1n) is 17.5. The Labute approximate surface area is 303 Å². The number of aromatic nitrogens is 1. The van der Waals surface area contributed by atoms with Gasteiger partial charge in [-0.2, -0.15) is 0 Å². The van der Waals surface area contributed by atoms with Gasteiger partial charge in [0, 0.05) is 23.8 Å². The predicted molar refractivity (Wildman–Crippen MR) is 191 cm³/mol. The van der Waals surface area contributed by atoms with Crippen LogP contribution >= 0.6 is 11.3 Å². The van der Waals surface area contributed by atoms with Crippen molar-refractivity contribution in [1.29, 1.82) is 0 Å². The van der Waals surface area contributed by atoms with Crippen molar-refractivity contribution in [1.82, 2.24) is 25.2 Å². The summed E-state index contributed by atoms with van der Waals surface area (Å²) in [5.41, 5.74) is -0.774. The summed E-state index contributed by atoms with van der Waals surface area (Å²) in [6, 6.07) is 5.43. The topological polar surface area (TPSA) is 173 Å². The quantitative estimate of drug-likeness (QED) is 0.269. The SMILES string of the molecule is C=C[C@@H]1C[C@]1(NC(=O)[C@@H]1C[C@@H](c2csc(-c3ccccc3OC)n2)CN1C(=O)[C@@H](NC(=O)OC1CCCC1)C(C)(C)C)C(=O)NS(=O)(=O)C1CC1. The number of carbonyl (C=O) groups is 4. The van der Waals surface area contributed by atoms with E-state index in [9.17, 15) is 27.6 Å². The molecule has 1 saturated heterocycles. The Kier molecular flexibility index (Phi) is 10.3. The van der Waals surface area contributed by atoms with Crippen LogP contribution in [0.15, 0.2) is 42.3 Å². The number of nitrogens with one attached hydrogen (secondary N) is 3. The highest BCUT2D eigenvalue weighted by Gasteiger charge is 2.62. The number of rotatable bonds is 12. The monoisotopic (exact) mass is 741 g/mol. The molecule has 0 bridgehead atoms. The lowest BCUT2D eigenvalue weighted by molar-refractivity contribution is -0.142. The van der Waals surface area contributed by atoms with Gasteiger partial charge in [0.2, 0.25) is 21.8 Å². The summed E-state index contributed by atoms with van der Waals surface area (Å²) in [6.45, 7) is 9.39. The van der Waals surface area contributed by atoms with E-state index in [1.165, 1.54) is 22.3 Å². The van der Waals surface area contributed by atoms with Crippen molar-refractivity contribution in [2.75, 3.05) is 13.7 Å². The van der Waals surface area contributed by atoms with Crippen molar-refractivity contribution in [2.45, 2.75) is 107 Å². The number of hydrogen-bond donors (Lipinski definition) is 3. The molecule has 4 fully saturated rings. The molecule has 6 rings (SSSR count). The van der Waals surface area contributed by atoms with Crippen molar-refractivity contribution >= 4 is 45.2 Å². The third-order valence-electron chi connectivity index (χ3n) is 10.4. The van der Waals surface area contributed by atoms with Gasteiger partial charge in [0.15, 0.2) is 0 Å². The van der Waals surface area contributed by atoms with Crippen LogP contribution in [0.25, 0.3) is 10.6 Å². The molecule has 1 aromatic carbocycles. The zero-order chi connectivity index (χ0) is 36.7. The molecule has 2 heterocycles. The van der Waals surface area contributed by atoms with E-state index < -0.39 is 68.0 Å². The number of thiazole rings is 1. The molecule has 0 spiro atoms. The Bertz CT molecular complexity index is 1800. The third kappa shape index (κ3) is 7.79. The highest BCUT2D eigenvalue weighted by atomic mass is 32.2. The molecule has 4 amide bonds. The average Bonchev–Trinajstić information content (AvgIpc) is 3.85. The number of alkyl carbamates (subject to hydrolysis) is 1. The number of likely N-dealkylation sites (tertiary alicyclic amines) is 1. The Morgan fingerprint density at radius 1 is 1.12 bits per heavy atom. The van der Waals surface area contributed by atoms with E-state index in [0.29, 0.717) is 24.3 Å². The van der Waals surface area contributed by atoms with Gasteiger partial charge in [-0.3, -0.25) is 19.1 Å². The van der Waals surface area contributed by atoms with Crippen LogP contribution in [0.1, 0.15) is 83.7 Å². The molecular formula is C36H47N5O8S2. The molecule has 1 aliphatic heterocycles. The third-order valence-corrected chi connectivity index (χ3v) is 13.1. The number of hydrogen-bond acceptors (Lipinski definition) is 10. The fraction of sp³-hybridized carbons (Fsp3) is 0.583. The number of methoxy groups -OCH3 is 1. The summed E-state index contributed by atoms with van der Waals surface area (Å²) in [7, 11) is -2.29. The summed E-state index contributed by atoms with van der Waals surface area (Å²) < 4.78 is 38.7. The minimum Gasteiger partial charge on any atom is -0.496 e. The highest BCUT2D eigenvalue weighted by Crippen LogP contribution is 2.46. The predicted octanol–water partition coefficient (Wildman–Crippen LogP) is 4.26. The van der Waals surface area contributed by atoms with Gasteiger partial charge in [0.05, 0.1) is 23.6 Å². The second-order valence-electron chi connectivity index (χ2n) is 15.2. The van der Waals surface area contributed by atoms with Crippen LogP contribution in [-0.2, 0) is 29.1 Å². The minimum atomic E-state index is -3.88. The van der Waals surface area contributed by atoms with Crippen molar-refractivity contribution in [3.05, 3.63) is 48.0 Å². The number of sulfonamides is 1. The molecule has 4 aliphatic rings. The molecule has 13 nitrogen and oxygen atoms in total. The summed E-state index contributed by atoms with van der Waals surface area (Å²) in [5, 5.41) is 7.63. The van der Waals surface area contributed by atoms with Gasteiger partial charge >= 0.3 is 6.09 Å². The van der Waals surface area contributed by atoms with Crippen molar-refractivity contribution in [3.63, 3.8) is 0 Å². The van der Waals surface area contributed by atoms with E-state index in [0.717, 1.165) is 36.3 Å². The number of nitrogens with zero attached hydrogens (tertiary/aromatic N) is 2. The van der Waals surface area contributed by atoms with Gasteiger partial charge in [-0.05, 0) is 68.9 Å². The Morgan fingerprint density at radius 3 is 2.45 bits per heavy atom. The average molecular weight is 742 g/mol. The van der Waals surface area contributed by atoms with Crippen molar-refractivity contribution in [2.24, 2.45) is 11.3 Å². The fourth-order valence-electron chi connectivity index (χ4n) is 7.10. The van der Waals surface area contributed by atoms with Gasteiger partial charge in [-0.15, -0.1) is 17.9 Å². The Balaban J connectivity index is 1.28. The molecule has 3 aliphatic carbocycles. The van der Waals surface area contributed by atoms with Gasteiger partial charge in [-0.1, -0.05) is 39.0 Å². The number of para-hydroxylation sites is 1. The van der Waals surface area contributed by atoms with Crippen molar-refractivity contribution in [3.8, 4) is 16.3 Å². The van der Waals surface area contributed by atoms with Crippen LogP contribution in [0.3, 0.4) is 0 Å². The Morgan fingerprint density at radius 2 is 1.82 bits per heavy atom. The first-order valence-corrected chi connectivity index (χ1v) is 20.0. The van der Waals surface area contributed by atoms with Crippen LogP contribution in [0.5, 0.6) is 5.75 Å². The van der Waals surface area contributed by atoms with Crippen LogP contribution in [0.4, 0.5) is 4.79 Å². The number of benzene rings is 1. The largest absolute Gasteiger partial charge is 0.496 e. The number of ether oxygens (including phenoxy) is 2. The normalized spacial score (nSPS) is 25.5. The minimum absolute atomic E-state index is 0.123. The summed E-state index contributed by atoms with van der Waals surface area (Å²) in [5.74, 6) is -2.07. The molecule has 5 atom stereocenters. The zero-order valence-corrected chi connectivity index (χ0v) is 31.1. The standard InChI is InChI=1S/C36H47N5O8S2/c1-6-22-18-36(22,33(44)40-51(46,47)24-15-16-24)39-30(42)27-17-21(26-20-50-31(37-26)25-13-9-10-14-28(25)48-5)19-41(27)32(43)29(35(2,3)4)38-34(45)49-23-11-7-8-12-23/h6,9-10,13-14,20-24,27,29H,1,7-8,11-12,15-19H2,2-5H3,(H,38,45)(H,39,42)(H,40,44)/t21-,22-,27+,29-,36-/m1/s1. The van der Waals surface area contributed by atoms with E-state index in [1.807, 2.05) is 50.4 Å².